The molecule has 0 aromatic carbocycles. The molecular formula is C65H110O12. The molecule has 1 heterocycles. The van der Waals surface area contributed by atoms with Gasteiger partial charge in [-0.3, -0.25) is 14.4 Å². The zero-order valence-electron chi connectivity index (χ0n) is 48.7. The number of hydrogen-bond acceptors (Lipinski definition) is 11. The van der Waals surface area contributed by atoms with E-state index in [0.29, 0.717) is 19.3 Å². The van der Waals surface area contributed by atoms with Crippen LogP contribution in [0.3, 0.4) is 0 Å². The maximum atomic E-state index is 13.1. The number of aliphatic hydroxyl groups excluding tert-OH is 2. The number of unbranched alkanes of at least 4 members (excludes halogenated alkanes) is 26. The molecule has 1 aliphatic rings. The topological polar surface area (TPSA) is 175 Å². The number of allylic oxidation sites excluding steroid dienone is 12. The number of carboxylic acid groups (broad SMARTS) is 1. The Kier molecular flexibility index (Phi) is 48.8. The van der Waals surface area contributed by atoms with Crippen LogP contribution >= 0.6 is 0 Å². The predicted octanol–water partition coefficient (Wildman–Crippen LogP) is 16.1. The minimum atomic E-state index is -1.91. The molecule has 77 heavy (non-hydrogen) atoms. The molecule has 0 bridgehead atoms. The second-order valence-electron chi connectivity index (χ2n) is 21.0. The van der Waals surface area contributed by atoms with E-state index < -0.39 is 67.3 Å². The van der Waals surface area contributed by atoms with Gasteiger partial charge in [-0.05, 0) is 57.8 Å². The van der Waals surface area contributed by atoms with Crippen molar-refractivity contribution in [2.75, 3.05) is 13.2 Å². The Morgan fingerprint density at radius 2 is 0.818 bits per heavy atom. The summed E-state index contributed by atoms with van der Waals surface area (Å²) in [5.41, 5.74) is 0. The highest BCUT2D eigenvalue weighted by Crippen LogP contribution is 2.26. The molecule has 1 rings (SSSR count). The fourth-order valence-electron chi connectivity index (χ4n) is 9.10. The van der Waals surface area contributed by atoms with Crippen molar-refractivity contribution in [3.63, 3.8) is 0 Å². The van der Waals surface area contributed by atoms with Crippen molar-refractivity contribution >= 4 is 23.9 Å². The molecule has 442 valence electrons. The average molecular weight is 1080 g/mol. The summed E-state index contributed by atoms with van der Waals surface area (Å²) >= 11 is 0. The number of aliphatic hydroxyl groups is 2. The van der Waals surface area contributed by atoms with Gasteiger partial charge in [0.2, 0.25) is 0 Å². The quantitative estimate of drug-likeness (QED) is 0.0228. The third kappa shape index (κ3) is 42.7. The van der Waals surface area contributed by atoms with E-state index in [2.05, 4.69) is 81.5 Å². The van der Waals surface area contributed by atoms with Gasteiger partial charge in [0, 0.05) is 19.3 Å². The Bertz CT molecular complexity index is 1620. The minimum absolute atomic E-state index is 0.0564. The van der Waals surface area contributed by atoms with E-state index in [0.717, 1.165) is 83.5 Å². The lowest BCUT2D eigenvalue weighted by molar-refractivity contribution is -0.301. The van der Waals surface area contributed by atoms with Crippen molar-refractivity contribution in [3.8, 4) is 0 Å². The molecule has 0 saturated carbocycles. The highest BCUT2D eigenvalue weighted by atomic mass is 16.7. The Morgan fingerprint density at radius 1 is 0.442 bits per heavy atom. The molecule has 12 heteroatoms. The molecule has 1 aliphatic heterocycles. The molecule has 0 spiro atoms. The Hall–Kier alpha value is -3.84. The summed E-state index contributed by atoms with van der Waals surface area (Å²) < 4.78 is 28.4. The van der Waals surface area contributed by atoms with E-state index >= 15 is 0 Å². The van der Waals surface area contributed by atoms with Crippen LogP contribution in [0.5, 0.6) is 0 Å². The smallest absolute Gasteiger partial charge is 0.335 e. The van der Waals surface area contributed by atoms with Crippen molar-refractivity contribution in [3.05, 3.63) is 72.9 Å². The van der Waals surface area contributed by atoms with Crippen molar-refractivity contribution in [1.29, 1.82) is 0 Å². The predicted molar refractivity (Wildman–Crippen MR) is 312 cm³/mol. The second-order valence-corrected chi connectivity index (χ2v) is 21.0. The van der Waals surface area contributed by atoms with Crippen molar-refractivity contribution < 1.29 is 58.2 Å². The first-order chi connectivity index (χ1) is 37.6. The van der Waals surface area contributed by atoms with Gasteiger partial charge in [-0.25, -0.2) is 4.79 Å². The largest absolute Gasteiger partial charge is 0.479 e. The molecule has 0 aromatic rings. The molecule has 0 aromatic heterocycles. The number of rotatable bonds is 52. The highest BCUT2D eigenvalue weighted by molar-refractivity contribution is 5.74. The van der Waals surface area contributed by atoms with Crippen LogP contribution in [0.15, 0.2) is 72.9 Å². The van der Waals surface area contributed by atoms with E-state index in [1.165, 1.54) is 122 Å². The lowest BCUT2D eigenvalue weighted by atomic mass is 9.98. The van der Waals surface area contributed by atoms with Gasteiger partial charge in [-0.1, -0.05) is 261 Å². The van der Waals surface area contributed by atoms with Crippen LogP contribution in [0.1, 0.15) is 265 Å². The van der Waals surface area contributed by atoms with E-state index in [-0.39, 0.29) is 25.9 Å². The van der Waals surface area contributed by atoms with Crippen molar-refractivity contribution in [2.45, 2.75) is 302 Å². The molecule has 12 nitrogen and oxygen atoms in total. The van der Waals surface area contributed by atoms with Crippen molar-refractivity contribution in [2.24, 2.45) is 0 Å². The standard InChI is InChI=1S/C65H110O12/c1-4-7-10-13-16-19-22-24-26-28-29-31-32-34-37-39-42-45-48-51-57(66)73-54-56(75-58(67)52-49-46-43-40-36-21-18-15-12-9-6-3)55-74-65-63(61(70)60(69)62(77-65)64(71)72)76-59(68)53-50-47-44-41-38-35-33-30-27-25-23-20-17-14-11-8-5-2/h7,10,16,19,24,26,29,31,34,37,42,45,56,60-63,65,69-70H,4-6,8-9,11-15,17-18,20-23,25,27-28,30,32-33,35-36,38-41,43-44,46-55H2,1-3H3,(H,71,72)/b10-7-,19-16-,26-24-,31-29-,37-34-,45-42-. The van der Waals surface area contributed by atoms with E-state index in [9.17, 15) is 34.5 Å². The molecule has 3 N–H and O–H groups in total. The van der Waals surface area contributed by atoms with Gasteiger partial charge < -0.3 is 39.0 Å². The molecule has 6 unspecified atom stereocenters. The summed E-state index contributed by atoms with van der Waals surface area (Å²) in [4.78, 5) is 51.1. The monoisotopic (exact) mass is 1080 g/mol. The number of carboxylic acids is 1. The zero-order valence-corrected chi connectivity index (χ0v) is 48.7. The fraction of sp³-hybridized carbons (Fsp3) is 0.754. The number of carbonyl (C=O) groups excluding carboxylic acids is 3. The summed E-state index contributed by atoms with van der Waals surface area (Å²) in [5.74, 6) is -3.22. The lowest BCUT2D eigenvalue weighted by Crippen LogP contribution is -2.61. The van der Waals surface area contributed by atoms with Gasteiger partial charge in [0.15, 0.2) is 24.6 Å². The zero-order chi connectivity index (χ0) is 56.1. The van der Waals surface area contributed by atoms with Gasteiger partial charge >= 0.3 is 23.9 Å². The molecule has 1 saturated heterocycles. The second kappa shape index (κ2) is 52.8. The lowest BCUT2D eigenvalue weighted by Gasteiger charge is -2.40. The van der Waals surface area contributed by atoms with Gasteiger partial charge in [0.1, 0.15) is 18.8 Å². The summed E-state index contributed by atoms with van der Waals surface area (Å²) in [6, 6.07) is 0. The highest BCUT2D eigenvalue weighted by Gasteiger charge is 2.50. The number of ether oxygens (including phenoxy) is 5. The van der Waals surface area contributed by atoms with Crippen LogP contribution < -0.4 is 0 Å². The molecular weight excluding hydrogens is 973 g/mol. The average Bonchev–Trinajstić information content (AvgIpc) is 3.41. The number of carbonyl (C=O) groups is 4. The maximum absolute atomic E-state index is 13.1. The van der Waals surface area contributed by atoms with Gasteiger partial charge in [0.05, 0.1) is 6.61 Å². The molecule has 6 atom stereocenters. The Labute approximate surface area is 468 Å². The number of hydrogen-bond donors (Lipinski definition) is 3. The fourth-order valence-corrected chi connectivity index (χ4v) is 9.10. The summed E-state index contributed by atoms with van der Waals surface area (Å²) in [6.07, 6.45) is 54.6. The third-order valence-electron chi connectivity index (χ3n) is 13.8. The van der Waals surface area contributed by atoms with Crippen LogP contribution in [0.2, 0.25) is 0 Å². The summed E-state index contributed by atoms with van der Waals surface area (Å²) in [6.45, 7) is 5.82. The van der Waals surface area contributed by atoms with Crippen LogP contribution in [0.4, 0.5) is 0 Å². The summed E-state index contributed by atoms with van der Waals surface area (Å²) in [7, 11) is 0. The first kappa shape index (κ1) is 71.2. The number of aliphatic carboxylic acids is 1. The number of esters is 3. The molecule has 0 radical (unpaired) electrons. The third-order valence-corrected chi connectivity index (χ3v) is 13.8. The first-order valence-corrected chi connectivity index (χ1v) is 30.9. The van der Waals surface area contributed by atoms with Crippen LogP contribution in [0, 0.1) is 0 Å². The van der Waals surface area contributed by atoms with Gasteiger partial charge in [-0.2, -0.15) is 0 Å². The van der Waals surface area contributed by atoms with Crippen LogP contribution in [-0.4, -0.2) is 89.2 Å². The van der Waals surface area contributed by atoms with Crippen LogP contribution in [-0.2, 0) is 42.9 Å². The molecule has 0 aliphatic carbocycles. The van der Waals surface area contributed by atoms with Crippen molar-refractivity contribution in [1.82, 2.24) is 0 Å². The van der Waals surface area contributed by atoms with E-state index in [1.807, 2.05) is 12.2 Å². The maximum Gasteiger partial charge on any atom is 0.335 e. The minimum Gasteiger partial charge on any atom is -0.479 e. The molecule has 0 amide bonds. The molecule has 1 fully saturated rings. The normalized spacial score (nSPS) is 18.5. The van der Waals surface area contributed by atoms with E-state index in [4.69, 9.17) is 23.7 Å². The Morgan fingerprint density at radius 3 is 1.22 bits per heavy atom. The van der Waals surface area contributed by atoms with Gasteiger partial charge in [0.25, 0.3) is 0 Å². The SMILES string of the molecule is CC/C=C\C/C=C\C/C=C\C/C=C\C/C=C\C/C=C\CCC(=O)OCC(COC1OC(C(=O)O)C(O)C(O)C1OC(=O)CCCCCCCCCCCCCCCCCCC)OC(=O)CCCCCCCCCCCCC. The summed E-state index contributed by atoms with van der Waals surface area (Å²) in [5, 5.41) is 31.5. The Balaban J connectivity index is 2.69. The van der Waals surface area contributed by atoms with Crippen LogP contribution in [0.25, 0.3) is 0 Å². The van der Waals surface area contributed by atoms with Gasteiger partial charge in [-0.15, -0.1) is 0 Å². The first-order valence-electron chi connectivity index (χ1n) is 30.9. The van der Waals surface area contributed by atoms with E-state index in [1.54, 1.807) is 0 Å².